The minimum Gasteiger partial charge on any atom is -0.361 e. The Morgan fingerprint density at radius 1 is 1.25 bits per heavy atom. The van der Waals surface area contributed by atoms with E-state index in [0.717, 1.165) is 23.7 Å². The van der Waals surface area contributed by atoms with Crippen molar-refractivity contribution < 1.29 is 13.2 Å². The molecule has 0 amide bonds. The van der Waals surface area contributed by atoms with Gasteiger partial charge in [0.15, 0.2) is 5.82 Å². The van der Waals surface area contributed by atoms with Gasteiger partial charge in [-0.3, -0.25) is 9.59 Å². The topological polar surface area (TPSA) is 81.0 Å². The van der Waals surface area contributed by atoms with Crippen LogP contribution in [0.25, 0.3) is 10.8 Å². The van der Waals surface area contributed by atoms with E-state index < -0.39 is 29.4 Å². The molecule has 2 aromatic heterocycles. The maximum Gasteiger partial charge on any atom is 0.274 e. The lowest BCUT2D eigenvalue weighted by molar-refractivity contribution is 0.146. The lowest BCUT2D eigenvalue weighted by Crippen LogP contribution is -2.35. The highest BCUT2D eigenvalue weighted by atomic mass is 19.3. The van der Waals surface area contributed by atoms with Crippen molar-refractivity contribution in [1.82, 2.24) is 19.7 Å². The van der Waals surface area contributed by atoms with Gasteiger partial charge in [0.1, 0.15) is 5.82 Å². The molecule has 10 heteroatoms. The number of aromatic nitrogens is 3. The number of halogens is 3. The van der Waals surface area contributed by atoms with E-state index in [2.05, 4.69) is 15.7 Å². The van der Waals surface area contributed by atoms with Crippen LogP contribution in [0.3, 0.4) is 0 Å². The van der Waals surface area contributed by atoms with E-state index in [1.165, 1.54) is 25.2 Å². The summed E-state index contributed by atoms with van der Waals surface area (Å²) >= 11 is 0. The molecule has 5 rings (SSSR count). The number of benzene rings is 1. The number of hydrogen-bond acceptors (Lipinski definition) is 5. The predicted octanol–water partition coefficient (Wildman–Crippen LogP) is 2.66. The third-order valence-electron chi connectivity index (χ3n) is 6.70. The van der Waals surface area contributed by atoms with Crippen molar-refractivity contribution in [1.29, 1.82) is 0 Å². The molecule has 1 aliphatic heterocycles. The van der Waals surface area contributed by atoms with Gasteiger partial charge in [-0.25, -0.2) is 17.9 Å². The van der Waals surface area contributed by atoms with Gasteiger partial charge >= 0.3 is 0 Å². The Hall–Kier alpha value is -3.14. The fourth-order valence-electron chi connectivity index (χ4n) is 4.82. The van der Waals surface area contributed by atoms with Gasteiger partial charge in [0.25, 0.3) is 17.5 Å². The van der Waals surface area contributed by atoms with Gasteiger partial charge < -0.3 is 15.2 Å². The normalized spacial score (nSPS) is 22.9. The van der Waals surface area contributed by atoms with E-state index in [0.29, 0.717) is 17.8 Å². The Kier molecular flexibility index (Phi) is 4.66. The number of anilines is 1. The molecule has 3 atom stereocenters. The van der Waals surface area contributed by atoms with Crippen LogP contribution in [-0.4, -0.2) is 27.4 Å². The van der Waals surface area contributed by atoms with Gasteiger partial charge in [-0.05, 0) is 19.3 Å². The summed E-state index contributed by atoms with van der Waals surface area (Å²) in [6.07, 6.45) is -0.409. The molecule has 3 heterocycles. The molecule has 0 spiro atoms. The van der Waals surface area contributed by atoms with Crippen LogP contribution >= 0.6 is 0 Å². The quantitative estimate of drug-likeness (QED) is 0.631. The molecule has 1 aromatic carbocycles. The molecule has 1 saturated heterocycles. The summed E-state index contributed by atoms with van der Waals surface area (Å²) in [6, 6.07) is 4.45. The smallest absolute Gasteiger partial charge is 0.274 e. The van der Waals surface area contributed by atoms with E-state index in [1.54, 1.807) is 17.7 Å². The predicted molar refractivity (Wildman–Crippen MR) is 114 cm³/mol. The number of rotatable bonds is 5. The number of piperidine rings is 1. The Bertz CT molecular complexity index is 1350. The molecule has 0 radical (unpaired) electrons. The lowest BCUT2D eigenvalue weighted by atomic mass is 10.0. The zero-order chi connectivity index (χ0) is 22.8. The van der Waals surface area contributed by atoms with Crippen molar-refractivity contribution in [2.45, 2.75) is 31.4 Å². The van der Waals surface area contributed by atoms with E-state index in [-0.39, 0.29) is 27.9 Å². The number of pyridine rings is 1. The highest BCUT2D eigenvalue weighted by Crippen LogP contribution is 2.52. The molecule has 0 bridgehead atoms. The molecule has 3 aromatic rings. The molecule has 32 heavy (non-hydrogen) atoms. The van der Waals surface area contributed by atoms with Crippen LogP contribution in [0, 0.1) is 11.7 Å². The first-order valence-electron chi connectivity index (χ1n) is 10.4. The molecule has 168 valence electrons. The molecule has 7 nitrogen and oxygen atoms in total. The first kappa shape index (κ1) is 20.7. The fraction of sp³-hybridized carbons (Fsp3) is 0.409. The van der Waals surface area contributed by atoms with Gasteiger partial charge in [0.2, 0.25) is 0 Å². The summed E-state index contributed by atoms with van der Waals surface area (Å²) in [6.45, 7) is 3.13. The van der Waals surface area contributed by atoms with Gasteiger partial charge in [-0.1, -0.05) is 18.2 Å². The third-order valence-corrected chi connectivity index (χ3v) is 6.70. The monoisotopic (exact) mass is 445 g/mol. The third kappa shape index (κ3) is 3.04. The van der Waals surface area contributed by atoms with Crippen LogP contribution in [0.2, 0.25) is 0 Å². The van der Waals surface area contributed by atoms with Crippen molar-refractivity contribution in [3.05, 3.63) is 68.1 Å². The second-order valence-corrected chi connectivity index (χ2v) is 8.64. The number of fused-ring (bicyclic) bond motifs is 2. The zero-order valence-corrected chi connectivity index (χ0v) is 17.5. The van der Waals surface area contributed by atoms with Crippen LogP contribution in [-0.2, 0) is 12.6 Å². The van der Waals surface area contributed by atoms with E-state index in [4.69, 9.17) is 0 Å². The molecular weight excluding hydrogens is 423 g/mol. The molecule has 2 fully saturated rings. The van der Waals surface area contributed by atoms with E-state index in [1.807, 2.05) is 0 Å². The Morgan fingerprint density at radius 2 is 2.00 bits per heavy atom. The summed E-state index contributed by atoms with van der Waals surface area (Å²) < 4.78 is 43.7. The van der Waals surface area contributed by atoms with E-state index >= 15 is 0 Å². The highest BCUT2D eigenvalue weighted by Gasteiger charge is 2.59. The molecule has 2 aliphatic rings. The van der Waals surface area contributed by atoms with Crippen molar-refractivity contribution >= 4 is 16.6 Å². The van der Waals surface area contributed by atoms with Crippen molar-refractivity contribution in [2.75, 3.05) is 18.4 Å². The maximum absolute atomic E-state index is 14.7. The van der Waals surface area contributed by atoms with Crippen LogP contribution < -0.4 is 21.8 Å². The summed E-state index contributed by atoms with van der Waals surface area (Å²) in [5, 5.41) is 11.2. The van der Waals surface area contributed by atoms with Crippen LogP contribution in [0.15, 0.2) is 40.1 Å². The molecule has 1 saturated carbocycles. The number of aryl methyl sites for hydroxylation is 1. The Morgan fingerprint density at radius 3 is 2.66 bits per heavy atom. The largest absolute Gasteiger partial charge is 0.361 e. The van der Waals surface area contributed by atoms with Gasteiger partial charge in [0, 0.05) is 43.4 Å². The summed E-state index contributed by atoms with van der Waals surface area (Å²) in [7, 11) is 1.46. The molecule has 1 aliphatic carbocycles. The minimum atomic E-state index is -2.93. The minimum absolute atomic E-state index is 0.0563. The SMILES string of the molecule is CC(Nc1nn(C)c(=O)c2cc(=O)n(C34CNCC3C4)cc12)c1cccc(C(F)F)c1F. The standard InChI is InChI=1S/C22H22F3N5O2/c1-11(13-4-3-5-14(18(13)23)19(24)25)27-20-16-9-30(22-7-12(22)8-26-10-22)17(31)6-15(16)21(32)29(2)28-20/h3-6,9,11-12,19,26H,7-8,10H2,1-2H3,(H,27,28). The molecule has 3 unspecified atom stereocenters. The van der Waals surface area contributed by atoms with Crippen molar-refractivity contribution in [3.8, 4) is 0 Å². The molecule has 2 N–H and O–H groups in total. The average molecular weight is 445 g/mol. The number of nitrogens with zero attached hydrogens (tertiary/aromatic N) is 3. The average Bonchev–Trinajstić information content (AvgIpc) is 3.31. The number of nitrogens with one attached hydrogen (secondary N) is 2. The van der Waals surface area contributed by atoms with Gasteiger partial charge in [-0.2, -0.15) is 5.10 Å². The van der Waals surface area contributed by atoms with Gasteiger partial charge in [-0.15, -0.1) is 0 Å². The zero-order valence-electron chi connectivity index (χ0n) is 17.5. The maximum atomic E-state index is 14.7. The fourth-order valence-corrected chi connectivity index (χ4v) is 4.82. The number of hydrogen-bond donors (Lipinski definition) is 2. The Balaban J connectivity index is 1.61. The first-order valence-corrected chi connectivity index (χ1v) is 10.4. The highest BCUT2D eigenvalue weighted by molar-refractivity contribution is 5.90. The first-order chi connectivity index (χ1) is 15.2. The van der Waals surface area contributed by atoms with Crippen LogP contribution in [0.1, 0.15) is 36.9 Å². The van der Waals surface area contributed by atoms with Crippen molar-refractivity contribution in [2.24, 2.45) is 13.0 Å². The summed E-state index contributed by atoms with van der Waals surface area (Å²) in [5.41, 5.74) is -1.60. The van der Waals surface area contributed by atoms with Crippen LogP contribution in [0.5, 0.6) is 0 Å². The van der Waals surface area contributed by atoms with Crippen molar-refractivity contribution in [3.63, 3.8) is 0 Å². The Labute approximate surface area is 180 Å². The van der Waals surface area contributed by atoms with Gasteiger partial charge in [0.05, 0.1) is 22.5 Å². The second kappa shape index (κ2) is 7.19. The second-order valence-electron chi connectivity index (χ2n) is 8.64. The van der Waals surface area contributed by atoms with E-state index in [9.17, 15) is 22.8 Å². The summed E-state index contributed by atoms with van der Waals surface area (Å²) in [5.74, 6) is -0.353. The summed E-state index contributed by atoms with van der Waals surface area (Å²) in [4.78, 5) is 25.5. The molecular formula is C22H22F3N5O2. The lowest BCUT2D eigenvalue weighted by Gasteiger charge is -2.21. The number of alkyl halides is 2. The van der Waals surface area contributed by atoms with Crippen LogP contribution in [0.4, 0.5) is 19.0 Å².